The van der Waals surface area contributed by atoms with E-state index in [2.05, 4.69) is 29.9 Å². The van der Waals surface area contributed by atoms with Crippen LogP contribution < -0.4 is 4.74 Å². The van der Waals surface area contributed by atoms with Crippen LogP contribution in [0, 0.1) is 12.7 Å². The highest BCUT2D eigenvalue weighted by Crippen LogP contribution is 2.27. The van der Waals surface area contributed by atoms with Crippen LogP contribution >= 0.6 is 11.8 Å². The Balaban J connectivity index is 1.75. The van der Waals surface area contributed by atoms with Crippen molar-refractivity contribution in [2.75, 3.05) is 0 Å². The van der Waals surface area contributed by atoms with Gasteiger partial charge in [-0.3, -0.25) is 0 Å². The Hall–Kier alpha value is -2.40. The number of hydrogen-bond acceptors (Lipinski definition) is 4. The first-order valence-electron chi connectivity index (χ1n) is 8.51. The molecule has 3 nitrogen and oxygen atoms in total. The van der Waals surface area contributed by atoms with Gasteiger partial charge in [0.05, 0.1) is 0 Å². The standard InChI is InChI=1S/C21H21FN2OS/c1-14(2)16-8-6-9-18(12-16)25-20-11-15(3)23-21(24-20)26-13-17-7-4-5-10-19(17)22/h4-12,14H,13H2,1-3H3. The van der Waals surface area contributed by atoms with Gasteiger partial charge in [-0.15, -0.1) is 0 Å². The zero-order chi connectivity index (χ0) is 18.5. The molecule has 3 rings (SSSR count). The molecular formula is C21H21FN2OS. The summed E-state index contributed by atoms with van der Waals surface area (Å²) in [5.41, 5.74) is 2.66. The molecule has 0 unspecified atom stereocenters. The molecule has 0 spiro atoms. The first kappa shape index (κ1) is 18.4. The lowest BCUT2D eigenvalue weighted by molar-refractivity contribution is 0.453. The van der Waals surface area contributed by atoms with Gasteiger partial charge in [-0.1, -0.05) is 55.9 Å². The molecule has 1 heterocycles. The molecular weight excluding hydrogens is 347 g/mol. The summed E-state index contributed by atoms with van der Waals surface area (Å²) in [7, 11) is 0. The van der Waals surface area contributed by atoms with E-state index >= 15 is 0 Å². The van der Waals surface area contributed by atoms with Crippen LogP contribution in [0.25, 0.3) is 0 Å². The first-order valence-corrected chi connectivity index (χ1v) is 9.49. The molecule has 0 N–H and O–H groups in total. The number of aromatic nitrogens is 2. The van der Waals surface area contributed by atoms with Crippen LogP contribution in [0.5, 0.6) is 11.6 Å². The van der Waals surface area contributed by atoms with E-state index in [1.165, 1.54) is 23.4 Å². The highest BCUT2D eigenvalue weighted by Gasteiger charge is 2.09. The van der Waals surface area contributed by atoms with Crippen LogP contribution in [-0.4, -0.2) is 9.97 Å². The number of nitrogens with zero attached hydrogens (tertiary/aromatic N) is 2. The van der Waals surface area contributed by atoms with Crippen LogP contribution in [-0.2, 0) is 5.75 Å². The number of thioether (sulfide) groups is 1. The predicted molar refractivity (Wildman–Crippen MR) is 103 cm³/mol. The zero-order valence-corrected chi connectivity index (χ0v) is 15.9. The molecule has 0 atom stereocenters. The van der Waals surface area contributed by atoms with E-state index in [1.807, 2.05) is 31.2 Å². The summed E-state index contributed by atoms with van der Waals surface area (Å²) in [6.45, 7) is 6.18. The number of rotatable bonds is 6. The van der Waals surface area contributed by atoms with Gasteiger partial charge in [0, 0.05) is 17.5 Å². The van der Waals surface area contributed by atoms with Crippen LogP contribution in [0.3, 0.4) is 0 Å². The molecule has 0 radical (unpaired) electrons. The van der Waals surface area contributed by atoms with E-state index in [9.17, 15) is 4.39 Å². The normalized spacial score (nSPS) is 11.0. The minimum atomic E-state index is -0.213. The van der Waals surface area contributed by atoms with E-state index in [0.29, 0.717) is 28.3 Å². The fraction of sp³-hybridized carbons (Fsp3) is 0.238. The lowest BCUT2D eigenvalue weighted by Crippen LogP contribution is -1.96. The fourth-order valence-electron chi connectivity index (χ4n) is 2.45. The molecule has 0 saturated heterocycles. The third-order valence-electron chi connectivity index (χ3n) is 3.87. The van der Waals surface area contributed by atoms with Crippen molar-refractivity contribution in [1.82, 2.24) is 9.97 Å². The second-order valence-corrected chi connectivity index (χ2v) is 7.28. The van der Waals surface area contributed by atoms with Gasteiger partial charge >= 0.3 is 0 Å². The van der Waals surface area contributed by atoms with E-state index in [0.717, 1.165) is 11.4 Å². The largest absolute Gasteiger partial charge is 0.439 e. The van der Waals surface area contributed by atoms with Gasteiger partial charge in [-0.25, -0.2) is 9.37 Å². The quantitative estimate of drug-likeness (QED) is 0.387. The summed E-state index contributed by atoms with van der Waals surface area (Å²) in [4.78, 5) is 8.87. The van der Waals surface area contributed by atoms with Gasteiger partial charge in [0.25, 0.3) is 0 Å². The fourth-order valence-corrected chi connectivity index (χ4v) is 3.33. The summed E-state index contributed by atoms with van der Waals surface area (Å²) >= 11 is 1.39. The Morgan fingerprint density at radius 2 is 1.85 bits per heavy atom. The molecule has 0 amide bonds. The van der Waals surface area contributed by atoms with Crippen LogP contribution in [0.15, 0.2) is 59.8 Å². The van der Waals surface area contributed by atoms with Crippen molar-refractivity contribution in [2.24, 2.45) is 0 Å². The maximum Gasteiger partial charge on any atom is 0.223 e. The summed E-state index contributed by atoms with van der Waals surface area (Å²) in [6.07, 6.45) is 0. The van der Waals surface area contributed by atoms with Crippen LogP contribution in [0.1, 0.15) is 36.6 Å². The Labute approximate surface area is 157 Å². The van der Waals surface area contributed by atoms with E-state index in [4.69, 9.17) is 4.74 Å². The summed E-state index contributed by atoms with van der Waals surface area (Å²) in [5.74, 6) is 1.93. The predicted octanol–water partition coefficient (Wildman–Crippen LogP) is 6.13. The minimum absolute atomic E-state index is 0.213. The van der Waals surface area contributed by atoms with Crippen molar-refractivity contribution >= 4 is 11.8 Å². The molecule has 2 aromatic carbocycles. The molecule has 0 bridgehead atoms. The molecule has 0 aliphatic rings. The van der Waals surface area contributed by atoms with E-state index in [-0.39, 0.29) is 5.82 Å². The first-order chi connectivity index (χ1) is 12.5. The maximum atomic E-state index is 13.8. The van der Waals surface area contributed by atoms with Crippen molar-refractivity contribution in [1.29, 1.82) is 0 Å². The molecule has 3 aromatic rings. The highest BCUT2D eigenvalue weighted by atomic mass is 32.2. The van der Waals surface area contributed by atoms with Crippen molar-refractivity contribution in [3.8, 4) is 11.6 Å². The van der Waals surface area contributed by atoms with Crippen molar-refractivity contribution in [2.45, 2.75) is 37.6 Å². The summed E-state index contributed by atoms with van der Waals surface area (Å²) in [5, 5.41) is 0.572. The molecule has 0 fully saturated rings. The SMILES string of the molecule is Cc1cc(Oc2cccc(C(C)C)c2)nc(SCc2ccccc2F)n1. The van der Waals surface area contributed by atoms with E-state index < -0.39 is 0 Å². The highest BCUT2D eigenvalue weighted by molar-refractivity contribution is 7.98. The monoisotopic (exact) mass is 368 g/mol. The summed E-state index contributed by atoms with van der Waals surface area (Å²) in [6, 6.07) is 16.5. The van der Waals surface area contributed by atoms with E-state index in [1.54, 1.807) is 18.2 Å². The van der Waals surface area contributed by atoms with Crippen LogP contribution in [0.2, 0.25) is 0 Å². The second kappa shape index (κ2) is 8.32. The number of halogens is 1. The zero-order valence-electron chi connectivity index (χ0n) is 15.1. The van der Waals surface area contributed by atoms with Gasteiger partial charge in [0.1, 0.15) is 11.6 Å². The average Bonchev–Trinajstić information content (AvgIpc) is 2.61. The lowest BCUT2D eigenvalue weighted by Gasteiger charge is -2.10. The number of benzene rings is 2. The number of ether oxygens (including phenoxy) is 1. The topological polar surface area (TPSA) is 35.0 Å². The van der Waals surface area contributed by atoms with Gasteiger partial charge < -0.3 is 4.74 Å². The van der Waals surface area contributed by atoms with Crippen molar-refractivity contribution in [3.05, 3.63) is 77.2 Å². The number of hydrogen-bond donors (Lipinski definition) is 0. The van der Waals surface area contributed by atoms with Gasteiger partial charge in [-0.05, 0) is 42.2 Å². The molecule has 134 valence electrons. The third-order valence-corrected chi connectivity index (χ3v) is 4.77. The average molecular weight is 368 g/mol. The third kappa shape index (κ3) is 4.82. The second-order valence-electron chi connectivity index (χ2n) is 6.34. The summed E-state index contributed by atoms with van der Waals surface area (Å²) < 4.78 is 19.7. The van der Waals surface area contributed by atoms with Gasteiger partial charge in [0.2, 0.25) is 5.88 Å². The molecule has 5 heteroatoms. The Bertz CT molecular complexity index is 899. The number of aryl methyl sites for hydroxylation is 1. The van der Waals surface area contributed by atoms with Crippen molar-refractivity contribution in [3.63, 3.8) is 0 Å². The maximum absolute atomic E-state index is 13.8. The molecule has 26 heavy (non-hydrogen) atoms. The Morgan fingerprint density at radius 3 is 2.62 bits per heavy atom. The Morgan fingerprint density at radius 1 is 1.04 bits per heavy atom. The van der Waals surface area contributed by atoms with Gasteiger partial charge in [-0.2, -0.15) is 4.98 Å². The smallest absolute Gasteiger partial charge is 0.223 e. The minimum Gasteiger partial charge on any atom is -0.439 e. The molecule has 0 aliphatic carbocycles. The van der Waals surface area contributed by atoms with Gasteiger partial charge in [0.15, 0.2) is 5.16 Å². The van der Waals surface area contributed by atoms with Crippen molar-refractivity contribution < 1.29 is 9.13 Å². The molecule has 0 saturated carbocycles. The van der Waals surface area contributed by atoms with Crippen LogP contribution in [0.4, 0.5) is 4.39 Å². The molecule has 1 aromatic heterocycles. The Kier molecular flexibility index (Phi) is 5.89. The lowest BCUT2D eigenvalue weighted by atomic mass is 10.0. The molecule has 0 aliphatic heterocycles.